The summed E-state index contributed by atoms with van der Waals surface area (Å²) >= 11 is 0. The molecule has 5 heteroatoms. The molecule has 2 heterocycles. The molecule has 2 fully saturated rings. The van der Waals surface area contributed by atoms with Crippen LogP contribution >= 0.6 is 0 Å². The summed E-state index contributed by atoms with van der Waals surface area (Å²) in [6, 6.07) is 0. The minimum atomic E-state index is -0.900. The van der Waals surface area contributed by atoms with Crippen LogP contribution in [0.1, 0.15) is 19.8 Å². The SMILES string of the molecule is CC(=O)N1CC2(CCC(C(=O)O)O2)C1. The second-order valence-electron chi connectivity index (χ2n) is 4.04. The van der Waals surface area contributed by atoms with E-state index in [1.807, 2.05) is 0 Å². The van der Waals surface area contributed by atoms with Crippen molar-refractivity contribution in [1.29, 1.82) is 0 Å². The lowest BCUT2D eigenvalue weighted by molar-refractivity contribution is -0.175. The van der Waals surface area contributed by atoms with Crippen LogP contribution in [0.3, 0.4) is 0 Å². The Labute approximate surface area is 81.6 Å². The van der Waals surface area contributed by atoms with Crippen molar-refractivity contribution in [3.63, 3.8) is 0 Å². The number of ether oxygens (including phenoxy) is 1. The maximum atomic E-state index is 10.9. The highest BCUT2D eigenvalue weighted by molar-refractivity contribution is 5.75. The smallest absolute Gasteiger partial charge is 0.332 e. The van der Waals surface area contributed by atoms with Gasteiger partial charge in [-0.15, -0.1) is 0 Å². The molecular weight excluding hydrogens is 186 g/mol. The highest BCUT2D eigenvalue weighted by Gasteiger charge is 2.51. The van der Waals surface area contributed by atoms with Crippen molar-refractivity contribution in [3.8, 4) is 0 Å². The van der Waals surface area contributed by atoms with Crippen LogP contribution in [0.4, 0.5) is 0 Å². The molecule has 1 amide bonds. The van der Waals surface area contributed by atoms with Gasteiger partial charge in [0.15, 0.2) is 6.10 Å². The lowest BCUT2D eigenvalue weighted by atomic mass is 9.91. The monoisotopic (exact) mass is 199 g/mol. The molecule has 0 bridgehead atoms. The van der Waals surface area contributed by atoms with Gasteiger partial charge in [-0.3, -0.25) is 4.79 Å². The Morgan fingerprint density at radius 3 is 2.57 bits per heavy atom. The van der Waals surface area contributed by atoms with Crippen LogP contribution in [0.15, 0.2) is 0 Å². The average Bonchev–Trinajstić information content (AvgIpc) is 2.44. The number of carbonyl (C=O) groups is 2. The summed E-state index contributed by atoms with van der Waals surface area (Å²) in [5.41, 5.74) is -0.352. The van der Waals surface area contributed by atoms with Crippen molar-refractivity contribution >= 4 is 11.9 Å². The van der Waals surface area contributed by atoms with Gasteiger partial charge in [0.2, 0.25) is 5.91 Å². The number of aliphatic carboxylic acids is 1. The van der Waals surface area contributed by atoms with E-state index in [0.717, 1.165) is 6.42 Å². The van der Waals surface area contributed by atoms with E-state index in [1.54, 1.807) is 4.90 Å². The van der Waals surface area contributed by atoms with Crippen molar-refractivity contribution in [1.82, 2.24) is 4.90 Å². The van der Waals surface area contributed by atoms with Gasteiger partial charge >= 0.3 is 5.97 Å². The molecule has 1 N–H and O–H groups in total. The molecule has 0 aromatic heterocycles. The lowest BCUT2D eigenvalue weighted by Crippen LogP contribution is -2.63. The van der Waals surface area contributed by atoms with Gasteiger partial charge in [-0.2, -0.15) is 0 Å². The number of likely N-dealkylation sites (tertiary alicyclic amines) is 1. The van der Waals surface area contributed by atoms with E-state index in [4.69, 9.17) is 9.84 Å². The van der Waals surface area contributed by atoms with Crippen molar-refractivity contribution in [3.05, 3.63) is 0 Å². The first-order chi connectivity index (χ1) is 6.52. The van der Waals surface area contributed by atoms with Crippen LogP contribution < -0.4 is 0 Å². The number of hydrogen-bond acceptors (Lipinski definition) is 3. The summed E-state index contributed by atoms with van der Waals surface area (Å²) in [7, 11) is 0. The minimum absolute atomic E-state index is 0.0259. The molecule has 0 radical (unpaired) electrons. The van der Waals surface area contributed by atoms with Crippen LogP contribution in [-0.4, -0.2) is 46.7 Å². The first-order valence-electron chi connectivity index (χ1n) is 4.69. The van der Waals surface area contributed by atoms with Gasteiger partial charge in [0.05, 0.1) is 13.1 Å². The number of rotatable bonds is 1. The zero-order valence-electron chi connectivity index (χ0n) is 8.02. The fourth-order valence-corrected chi connectivity index (χ4v) is 2.09. The molecule has 2 aliphatic heterocycles. The van der Waals surface area contributed by atoms with Crippen molar-refractivity contribution in [2.75, 3.05) is 13.1 Å². The topological polar surface area (TPSA) is 66.8 Å². The molecule has 0 saturated carbocycles. The van der Waals surface area contributed by atoms with E-state index in [9.17, 15) is 9.59 Å². The Bertz CT molecular complexity index is 283. The third kappa shape index (κ3) is 1.37. The summed E-state index contributed by atoms with van der Waals surface area (Å²) in [5, 5.41) is 8.73. The summed E-state index contributed by atoms with van der Waals surface area (Å²) < 4.78 is 5.43. The van der Waals surface area contributed by atoms with Crippen molar-refractivity contribution in [2.45, 2.75) is 31.5 Å². The molecule has 0 aromatic carbocycles. The molecule has 14 heavy (non-hydrogen) atoms. The summed E-state index contributed by atoms with van der Waals surface area (Å²) in [5.74, 6) is -0.874. The minimum Gasteiger partial charge on any atom is -0.479 e. The van der Waals surface area contributed by atoms with Crippen molar-refractivity contribution in [2.24, 2.45) is 0 Å². The predicted octanol–water partition coefficient (Wildman–Crippen LogP) is -0.149. The highest BCUT2D eigenvalue weighted by Crippen LogP contribution is 2.38. The lowest BCUT2D eigenvalue weighted by Gasteiger charge is -2.46. The molecule has 0 aromatic rings. The Kier molecular flexibility index (Phi) is 1.99. The third-order valence-electron chi connectivity index (χ3n) is 2.93. The van der Waals surface area contributed by atoms with E-state index < -0.39 is 12.1 Å². The summed E-state index contributed by atoms with van der Waals surface area (Å²) in [4.78, 5) is 23.2. The van der Waals surface area contributed by atoms with E-state index in [2.05, 4.69) is 0 Å². The van der Waals surface area contributed by atoms with Crippen LogP contribution in [0.2, 0.25) is 0 Å². The molecule has 0 aliphatic carbocycles. The number of carboxylic acid groups (broad SMARTS) is 1. The van der Waals surface area contributed by atoms with Gasteiger partial charge in [-0.25, -0.2) is 4.79 Å². The quantitative estimate of drug-likeness (QED) is 0.637. The highest BCUT2D eigenvalue weighted by atomic mass is 16.5. The number of carboxylic acids is 1. The third-order valence-corrected chi connectivity index (χ3v) is 2.93. The van der Waals surface area contributed by atoms with Gasteiger partial charge in [0.25, 0.3) is 0 Å². The molecule has 2 saturated heterocycles. The second-order valence-corrected chi connectivity index (χ2v) is 4.04. The molecule has 1 spiro atoms. The van der Waals surface area contributed by atoms with Crippen LogP contribution in [0.25, 0.3) is 0 Å². The van der Waals surface area contributed by atoms with Gasteiger partial charge in [0.1, 0.15) is 5.60 Å². The molecule has 78 valence electrons. The molecule has 2 rings (SSSR count). The van der Waals surface area contributed by atoms with E-state index in [1.165, 1.54) is 6.92 Å². The fraction of sp³-hybridized carbons (Fsp3) is 0.778. The largest absolute Gasteiger partial charge is 0.479 e. The Morgan fingerprint density at radius 1 is 1.50 bits per heavy atom. The first kappa shape index (κ1) is 9.45. The van der Waals surface area contributed by atoms with E-state index >= 15 is 0 Å². The molecule has 1 unspecified atom stereocenters. The van der Waals surface area contributed by atoms with E-state index in [0.29, 0.717) is 19.5 Å². The number of hydrogen-bond donors (Lipinski definition) is 1. The van der Waals surface area contributed by atoms with Crippen LogP contribution in [0.5, 0.6) is 0 Å². The normalized spacial score (nSPS) is 28.9. The number of amides is 1. The Morgan fingerprint density at radius 2 is 2.14 bits per heavy atom. The zero-order valence-corrected chi connectivity index (χ0v) is 8.02. The fourth-order valence-electron chi connectivity index (χ4n) is 2.09. The summed E-state index contributed by atoms with van der Waals surface area (Å²) in [6.45, 7) is 2.61. The zero-order chi connectivity index (χ0) is 10.3. The Balaban J connectivity index is 1.91. The molecule has 1 atom stereocenters. The van der Waals surface area contributed by atoms with E-state index in [-0.39, 0.29) is 11.5 Å². The molecule has 5 nitrogen and oxygen atoms in total. The van der Waals surface area contributed by atoms with Gasteiger partial charge in [-0.05, 0) is 12.8 Å². The summed E-state index contributed by atoms with van der Waals surface area (Å²) in [6.07, 6.45) is 0.624. The number of nitrogens with zero attached hydrogens (tertiary/aromatic N) is 1. The maximum absolute atomic E-state index is 10.9. The standard InChI is InChI=1S/C9H13NO4/c1-6(11)10-4-9(5-10)3-2-7(14-9)8(12)13/h7H,2-5H2,1H3,(H,12,13). The van der Waals surface area contributed by atoms with Crippen LogP contribution in [0, 0.1) is 0 Å². The molecular formula is C9H13NO4. The number of carbonyl (C=O) groups excluding carboxylic acids is 1. The van der Waals surface area contributed by atoms with Gasteiger partial charge in [0, 0.05) is 6.92 Å². The Hall–Kier alpha value is -1.10. The van der Waals surface area contributed by atoms with Crippen LogP contribution in [-0.2, 0) is 14.3 Å². The van der Waals surface area contributed by atoms with Crippen molar-refractivity contribution < 1.29 is 19.4 Å². The molecule has 2 aliphatic rings. The van der Waals surface area contributed by atoms with Gasteiger partial charge < -0.3 is 14.7 Å². The predicted molar refractivity (Wildman–Crippen MR) is 46.7 cm³/mol. The first-order valence-corrected chi connectivity index (χ1v) is 4.69. The maximum Gasteiger partial charge on any atom is 0.332 e. The average molecular weight is 199 g/mol. The second kappa shape index (κ2) is 2.95. The van der Waals surface area contributed by atoms with Gasteiger partial charge in [-0.1, -0.05) is 0 Å².